The second-order valence-electron chi connectivity index (χ2n) is 4.01. The van der Waals surface area contributed by atoms with Gasteiger partial charge >= 0.3 is 5.97 Å². The molecule has 0 bridgehead atoms. The summed E-state index contributed by atoms with van der Waals surface area (Å²) in [7, 11) is 0. The Bertz CT molecular complexity index is 639. The van der Waals surface area contributed by atoms with Gasteiger partial charge in [0.15, 0.2) is 0 Å². The van der Waals surface area contributed by atoms with Crippen molar-refractivity contribution >= 4 is 46.5 Å². The maximum Gasteiger partial charge on any atom is 0.338 e. The first-order chi connectivity index (χ1) is 9.49. The lowest BCUT2D eigenvalue weighted by molar-refractivity contribution is 0.0473. The number of hydrogen-bond acceptors (Lipinski definition) is 3. The van der Waals surface area contributed by atoms with E-state index in [9.17, 15) is 4.79 Å². The lowest BCUT2D eigenvalue weighted by atomic mass is 10.2. The molecule has 0 spiro atoms. The van der Waals surface area contributed by atoms with E-state index in [1.165, 1.54) is 18.2 Å². The van der Waals surface area contributed by atoms with Crippen LogP contribution < -0.4 is 5.73 Å². The molecule has 20 heavy (non-hydrogen) atoms. The van der Waals surface area contributed by atoms with Gasteiger partial charge in [-0.1, -0.05) is 40.9 Å². The Labute approximate surface area is 131 Å². The van der Waals surface area contributed by atoms with Crippen LogP contribution in [-0.4, -0.2) is 5.97 Å². The maximum atomic E-state index is 11.9. The van der Waals surface area contributed by atoms with Crippen molar-refractivity contribution in [1.29, 1.82) is 0 Å². The maximum absolute atomic E-state index is 11.9. The first kappa shape index (κ1) is 15.0. The number of nitrogens with two attached hydrogens (primary N) is 1. The molecule has 0 atom stereocenters. The standard InChI is InChI=1S/C14H10Cl3NO2/c15-10-2-1-3-11(16)9(10)7-20-14(19)8-4-5-12(17)13(18)6-8/h1-6H,7,18H2. The average Bonchev–Trinajstić information content (AvgIpc) is 2.41. The van der Waals surface area contributed by atoms with Crippen molar-refractivity contribution in [3.63, 3.8) is 0 Å². The van der Waals surface area contributed by atoms with E-state index < -0.39 is 5.97 Å². The molecule has 0 amide bonds. The van der Waals surface area contributed by atoms with Gasteiger partial charge in [0.25, 0.3) is 0 Å². The van der Waals surface area contributed by atoms with Gasteiger partial charge in [0.2, 0.25) is 0 Å². The molecule has 0 saturated carbocycles. The third kappa shape index (κ3) is 3.37. The van der Waals surface area contributed by atoms with E-state index in [-0.39, 0.29) is 6.61 Å². The lowest BCUT2D eigenvalue weighted by Crippen LogP contribution is -2.06. The summed E-state index contributed by atoms with van der Waals surface area (Å²) in [6.07, 6.45) is 0. The van der Waals surface area contributed by atoms with E-state index in [1.54, 1.807) is 18.2 Å². The summed E-state index contributed by atoms with van der Waals surface area (Å²) in [5.41, 5.74) is 6.82. The van der Waals surface area contributed by atoms with E-state index in [0.717, 1.165) is 0 Å². The highest BCUT2D eigenvalue weighted by atomic mass is 35.5. The highest BCUT2D eigenvalue weighted by Gasteiger charge is 2.12. The van der Waals surface area contributed by atoms with Crippen LogP contribution in [0.5, 0.6) is 0 Å². The van der Waals surface area contributed by atoms with E-state index in [2.05, 4.69) is 0 Å². The molecule has 0 aromatic heterocycles. The van der Waals surface area contributed by atoms with Crippen molar-refractivity contribution in [2.45, 2.75) is 6.61 Å². The molecule has 2 aromatic carbocycles. The summed E-state index contributed by atoms with van der Waals surface area (Å²) in [6, 6.07) is 9.60. The molecule has 0 aliphatic heterocycles. The SMILES string of the molecule is Nc1cc(C(=O)OCc2c(Cl)cccc2Cl)ccc1Cl. The van der Waals surface area contributed by atoms with Crippen molar-refractivity contribution in [3.05, 3.63) is 62.6 Å². The number of carbonyl (C=O) groups is 1. The minimum Gasteiger partial charge on any atom is -0.457 e. The van der Waals surface area contributed by atoms with Crippen molar-refractivity contribution in [3.8, 4) is 0 Å². The molecule has 0 aliphatic carbocycles. The fourth-order valence-electron chi connectivity index (χ4n) is 1.56. The van der Waals surface area contributed by atoms with Crippen LogP contribution in [0.4, 0.5) is 5.69 Å². The first-order valence-corrected chi connectivity index (χ1v) is 6.77. The molecule has 104 valence electrons. The summed E-state index contributed by atoms with van der Waals surface area (Å²) < 4.78 is 5.16. The molecule has 6 heteroatoms. The van der Waals surface area contributed by atoms with Gasteiger partial charge < -0.3 is 10.5 Å². The summed E-state index contributed by atoms with van der Waals surface area (Å²) in [4.78, 5) is 11.9. The van der Waals surface area contributed by atoms with Crippen LogP contribution in [0.3, 0.4) is 0 Å². The van der Waals surface area contributed by atoms with Gasteiger partial charge in [0.05, 0.1) is 16.3 Å². The predicted octanol–water partition coefficient (Wildman–Crippen LogP) is 4.59. The molecule has 0 saturated heterocycles. The number of rotatable bonds is 3. The fraction of sp³-hybridized carbons (Fsp3) is 0.0714. The van der Waals surface area contributed by atoms with E-state index >= 15 is 0 Å². The summed E-state index contributed by atoms with van der Waals surface area (Å²) in [6.45, 7) is -0.0140. The van der Waals surface area contributed by atoms with Crippen LogP contribution in [0.15, 0.2) is 36.4 Å². The lowest BCUT2D eigenvalue weighted by Gasteiger charge is -2.09. The summed E-state index contributed by atoms with van der Waals surface area (Å²) in [5, 5.41) is 1.28. The number of anilines is 1. The highest BCUT2D eigenvalue weighted by molar-refractivity contribution is 6.36. The van der Waals surface area contributed by atoms with Crippen LogP contribution in [0.2, 0.25) is 15.1 Å². The normalized spacial score (nSPS) is 10.3. The van der Waals surface area contributed by atoms with Crippen LogP contribution in [0.25, 0.3) is 0 Å². The zero-order valence-corrected chi connectivity index (χ0v) is 12.5. The van der Waals surface area contributed by atoms with Gasteiger partial charge in [-0.25, -0.2) is 4.79 Å². The van der Waals surface area contributed by atoms with Gasteiger partial charge in [-0.05, 0) is 30.3 Å². The Morgan fingerprint density at radius 2 is 1.70 bits per heavy atom. The second-order valence-corrected chi connectivity index (χ2v) is 5.23. The Morgan fingerprint density at radius 3 is 2.30 bits per heavy atom. The molecule has 2 rings (SSSR count). The zero-order chi connectivity index (χ0) is 14.7. The number of halogens is 3. The molecule has 2 N–H and O–H groups in total. The average molecular weight is 331 g/mol. The van der Waals surface area contributed by atoms with Crippen LogP contribution in [0, 0.1) is 0 Å². The van der Waals surface area contributed by atoms with E-state index in [0.29, 0.717) is 31.9 Å². The molecular formula is C14H10Cl3NO2. The quantitative estimate of drug-likeness (QED) is 0.661. The minimum atomic E-state index is -0.524. The Balaban J connectivity index is 2.11. The fourth-order valence-corrected chi connectivity index (χ4v) is 2.19. The zero-order valence-electron chi connectivity index (χ0n) is 10.2. The number of benzene rings is 2. The van der Waals surface area contributed by atoms with Gasteiger partial charge in [-0.3, -0.25) is 0 Å². The van der Waals surface area contributed by atoms with Crippen molar-refractivity contribution < 1.29 is 9.53 Å². The Hall–Kier alpha value is -1.42. The predicted molar refractivity (Wildman–Crippen MR) is 81.4 cm³/mol. The molecule has 2 aromatic rings. The number of carbonyl (C=O) groups excluding carboxylic acids is 1. The van der Waals surface area contributed by atoms with Crippen LogP contribution in [0.1, 0.15) is 15.9 Å². The largest absolute Gasteiger partial charge is 0.457 e. The Morgan fingerprint density at radius 1 is 1.05 bits per heavy atom. The van der Waals surface area contributed by atoms with Gasteiger partial charge in [0, 0.05) is 15.6 Å². The number of nitrogen functional groups attached to an aromatic ring is 1. The molecular weight excluding hydrogens is 321 g/mol. The monoisotopic (exact) mass is 329 g/mol. The van der Waals surface area contributed by atoms with Gasteiger partial charge in [-0.15, -0.1) is 0 Å². The second kappa shape index (κ2) is 6.35. The molecule has 0 heterocycles. The molecule has 0 radical (unpaired) electrons. The Kier molecular flexibility index (Phi) is 4.76. The van der Waals surface area contributed by atoms with Crippen LogP contribution >= 0.6 is 34.8 Å². The van der Waals surface area contributed by atoms with Crippen molar-refractivity contribution in [1.82, 2.24) is 0 Å². The highest BCUT2D eigenvalue weighted by Crippen LogP contribution is 2.25. The van der Waals surface area contributed by atoms with E-state index in [4.69, 9.17) is 45.3 Å². The van der Waals surface area contributed by atoms with Gasteiger partial charge in [0.1, 0.15) is 6.61 Å². The molecule has 0 aliphatic rings. The molecule has 3 nitrogen and oxygen atoms in total. The van der Waals surface area contributed by atoms with Gasteiger partial charge in [-0.2, -0.15) is 0 Å². The number of esters is 1. The molecule has 0 fully saturated rings. The third-order valence-corrected chi connectivity index (χ3v) is 3.69. The minimum absolute atomic E-state index is 0.0140. The smallest absolute Gasteiger partial charge is 0.338 e. The molecule has 0 unspecified atom stereocenters. The van der Waals surface area contributed by atoms with Crippen molar-refractivity contribution in [2.24, 2.45) is 0 Å². The summed E-state index contributed by atoms with van der Waals surface area (Å²) in [5.74, 6) is -0.524. The van der Waals surface area contributed by atoms with Crippen molar-refractivity contribution in [2.75, 3.05) is 5.73 Å². The van der Waals surface area contributed by atoms with E-state index in [1.807, 2.05) is 0 Å². The van der Waals surface area contributed by atoms with Crippen LogP contribution in [-0.2, 0) is 11.3 Å². The summed E-state index contributed by atoms with van der Waals surface area (Å²) >= 11 is 17.8. The first-order valence-electron chi connectivity index (χ1n) is 5.64. The number of hydrogen-bond donors (Lipinski definition) is 1. The third-order valence-electron chi connectivity index (χ3n) is 2.64. The topological polar surface area (TPSA) is 52.3 Å². The number of ether oxygens (including phenoxy) is 1.